The lowest BCUT2D eigenvalue weighted by atomic mass is 10.1. The molecule has 2 N–H and O–H groups in total. The first-order valence-electron chi connectivity index (χ1n) is 8.37. The largest absolute Gasteiger partial charge is 0.496 e. The van der Waals surface area contributed by atoms with E-state index in [9.17, 15) is 14.4 Å². The van der Waals surface area contributed by atoms with Crippen LogP contribution >= 0.6 is 0 Å². The number of carbonyl (C=O) groups excluding carboxylic acids is 2. The van der Waals surface area contributed by atoms with E-state index in [1.807, 2.05) is 24.3 Å². The monoisotopic (exact) mass is 399 g/mol. The van der Waals surface area contributed by atoms with Gasteiger partial charge in [-0.3, -0.25) is 4.79 Å². The van der Waals surface area contributed by atoms with E-state index < -0.39 is 17.7 Å². The van der Waals surface area contributed by atoms with Gasteiger partial charge in [0.05, 0.1) is 14.2 Å². The minimum Gasteiger partial charge on any atom is -0.496 e. The summed E-state index contributed by atoms with van der Waals surface area (Å²) in [5.74, 6) is -1.16. The number of aliphatic carboxylic acids is 1. The van der Waals surface area contributed by atoms with Crippen LogP contribution in [0.1, 0.15) is 10.4 Å². The van der Waals surface area contributed by atoms with E-state index >= 15 is 0 Å². The number of carboxylic acid groups (broad SMARTS) is 1. The average Bonchev–Trinajstić information content (AvgIpc) is 3.26. The maximum absolute atomic E-state index is 11.4. The SMILES string of the molecule is COc1cc(OC)c2c(c1)OC(=O)C2=O.O=C(O)COc1cc2ccccc2[nH]1. The molecule has 2 aromatic carbocycles. The number of rotatable bonds is 5. The minimum atomic E-state index is -0.983. The summed E-state index contributed by atoms with van der Waals surface area (Å²) < 4.78 is 19.7. The van der Waals surface area contributed by atoms with Gasteiger partial charge in [0.2, 0.25) is 0 Å². The third-order valence-corrected chi connectivity index (χ3v) is 3.97. The highest BCUT2D eigenvalue weighted by Crippen LogP contribution is 2.37. The fourth-order valence-corrected chi connectivity index (χ4v) is 2.66. The maximum Gasteiger partial charge on any atom is 0.385 e. The Kier molecular flexibility index (Phi) is 5.68. The highest BCUT2D eigenvalue weighted by molar-refractivity contribution is 6.45. The van der Waals surface area contributed by atoms with Gasteiger partial charge in [0.15, 0.2) is 12.5 Å². The number of carbonyl (C=O) groups is 3. The van der Waals surface area contributed by atoms with Crippen molar-refractivity contribution in [2.24, 2.45) is 0 Å². The van der Waals surface area contributed by atoms with E-state index in [2.05, 4.69) is 4.98 Å². The van der Waals surface area contributed by atoms with Crippen LogP contribution in [0.3, 0.4) is 0 Å². The Bertz CT molecular complexity index is 1050. The Labute approximate surface area is 164 Å². The molecular weight excluding hydrogens is 382 g/mol. The number of fused-ring (bicyclic) bond motifs is 2. The fraction of sp³-hybridized carbons (Fsp3) is 0.150. The topological polar surface area (TPSA) is 124 Å². The number of aromatic amines is 1. The molecule has 0 saturated carbocycles. The van der Waals surface area contributed by atoms with Gasteiger partial charge in [0.25, 0.3) is 5.78 Å². The maximum atomic E-state index is 11.4. The van der Waals surface area contributed by atoms with E-state index in [0.717, 1.165) is 10.9 Å². The molecule has 9 heteroatoms. The van der Waals surface area contributed by atoms with E-state index in [-0.39, 0.29) is 23.7 Å². The summed E-state index contributed by atoms with van der Waals surface area (Å²) in [6, 6.07) is 12.4. The third kappa shape index (κ3) is 4.29. The van der Waals surface area contributed by atoms with Crippen LogP contribution in [0.5, 0.6) is 23.1 Å². The van der Waals surface area contributed by atoms with Crippen LogP contribution in [0.15, 0.2) is 42.5 Å². The van der Waals surface area contributed by atoms with E-state index in [1.165, 1.54) is 26.4 Å². The molecule has 0 bridgehead atoms. The number of hydrogen-bond donors (Lipinski definition) is 2. The Morgan fingerprint density at radius 1 is 1.10 bits per heavy atom. The van der Waals surface area contributed by atoms with Crippen LogP contribution in [0.25, 0.3) is 10.9 Å². The highest BCUT2D eigenvalue weighted by Gasteiger charge is 2.35. The predicted octanol–water partition coefficient (Wildman–Crippen LogP) is 2.44. The van der Waals surface area contributed by atoms with Crippen LogP contribution in [0.4, 0.5) is 0 Å². The molecule has 0 aliphatic carbocycles. The highest BCUT2D eigenvalue weighted by atomic mass is 16.6. The normalized spacial score (nSPS) is 11.9. The number of aromatic nitrogens is 1. The lowest BCUT2D eigenvalue weighted by Crippen LogP contribution is -2.10. The zero-order valence-corrected chi connectivity index (χ0v) is 15.6. The number of methoxy groups -OCH3 is 2. The molecule has 0 radical (unpaired) electrons. The zero-order chi connectivity index (χ0) is 21.0. The van der Waals surface area contributed by atoms with Crippen molar-refractivity contribution in [2.45, 2.75) is 0 Å². The van der Waals surface area contributed by atoms with Crippen LogP contribution in [0.2, 0.25) is 0 Å². The lowest BCUT2D eigenvalue weighted by molar-refractivity contribution is -0.139. The summed E-state index contributed by atoms with van der Waals surface area (Å²) >= 11 is 0. The van der Waals surface area contributed by atoms with Gasteiger partial charge in [-0.2, -0.15) is 0 Å². The molecular formula is C20H17NO8. The van der Waals surface area contributed by atoms with Crippen molar-refractivity contribution in [2.75, 3.05) is 20.8 Å². The van der Waals surface area contributed by atoms with Gasteiger partial charge in [0, 0.05) is 29.1 Å². The second-order valence-corrected chi connectivity index (χ2v) is 5.82. The quantitative estimate of drug-likeness (QED) is 0.381. The first-order chi connectivity index (χ1) is 13.9. The number of benzene rings is 2. The number of Topliss-reactive ketones (excluding diaryl/α,β-unsaturated/α-hetero) is 1. The zero-order valence-electron chi connectivity index (χ0n) is 15.6. The summed E-state index contributed by atoms with van der Waals surface area (Å²) in [5, 5.41) is 9.42. The first kappa shape index (κ1) is 19.7. The minimum absolute atomic E-state index is 0.156. The summed E-state index contributed by atoms with van der Waals surface area (Å²) in [6.07, 6.45) is 0. The number of nitrogens with one attached hydrogen (secondary N) is 1. The number of H-pyrrole nitrogens is 1. The molecule has 0 fully saturated rings. The standard InChI is InChI=1S/C10H9NO3.C10H8O5/c12-10(13)6-14-9-5-7-3-1-2-4-8(7)11-9;1-13-5-3-6(14-2)8-7(4-5)15-10(12)9(8)11/h1-5,11H,6H2,(H,12,13);3-4H,1-2H3. The smallest absolute Gasteiger partial charge is 0.385 e. The Morgan fingerprint density at radius 2 is 1.86 bits per heavy atom. The van der Waals surface area contributed by atoms with Gasteiger partial charge in [-0.15, -0.1) is 0 Å². The van der Waals surface area contributed by atoms with Crippen molar-refractivity contribution in [3.05, 3.63) is 48.0 Å². The van der Waals surface area contributed by atoms with Gasteiger partial charge in [0.1, 0.15) is 22.8 Å². The number of esters is 1. The van der Waals surface area contributed by atoms with Crippen molar-refractivity contribution in [3.63, 3.8) is 0 Å². The van der Waals surface area contributed by atoms with E-state index in [1.54, 1.807) is 6.07 Å². The molecule has 1 aromatic heterocycles. The molecule has 3 aromatic rings. The molecule has 2 heterocycles. The molecule has 4 rings (SSSR count). The molecule has 0 unspecified atom stereocenters. The molecule has 0 amide bonds. The summed E-state index contributed by atoms with van der Waals surface area (Å²) in [6.45, 7) is -0.327. The lowest BCUT2D eigenvalue weighted by Gasteiger charge is -2.06. The Balaban J connectivity index is 0.000000166. The fourth-order valence-electron chi connectivity index (χ4n) is 2.66. The average molecular weight is 399 g/mol. The second kappa shape index (κ2) is 8.34. The van der Waals surface area contributed by atoms with Crippen LogP contribution < -0.4 is 18.9 Å². The molecule has 1 aliphatic rings. The second-order valence-electron chi connectivity index (χ2n) is 5.82. The van der Waals surface area contributed by atoms with Gasteiger partial charge in [-0.25, -0.2) is 9.59 Å². The summed E-state index contributed by atoms with van der Waals surface area (Å²) in [4.78, 5) is 35.6. The number of carboxylic acids is 1. The van der Waals surface area contributed by atoms with Crippen molar-refractivity contribution in [1.82, 2.24) is 4.98 Å². The molecule has 150 valence electrons. The van der Waals surface area contributed by atoms with Crippen molar-refractivity contribution in [3.8, 4) is 23.1 Å². The Hall–Kier alpha value is -4.01. The molecule has 0 atom stereocenters. The molecule has 9 nitrogen and oxygen atoms in total. The van der Waals surface area contributed by atoms with Gasteiger partial charge < -0.3 is 29.0 Å². The molecule has 1 aliphatic heterocycles. The van der Waals surface area contributed by atoms with Crippen molar-refractivity contribution in [1.29, 1.82) is 0 Å². The van der Waals surface area contributed by atoms with Crippen molar-refractivity contribution < 1.29 is 38.4 Å². The summed E-state index contributed by atoms with van der Waals surface area (Å²) in [7, 11) is 2.88. The number of ketones is 1. The van der Waals surface area contributed by atoms with Gasteiger partial charge >= 0.3 is 11.9 Å². The van der Waals surface area contributed by atoms with E-state index in [4.69, 9.17) is 24.1 Å². The predicted molar refractivity (Wildman–Crippen MR) is 101 cm³/mol. The molecule has 29 heavy (non-hydrogen) atoms. The van der Waals surface area contributed by atoms with Crippen LogP contribution in [-0.4, -0.2) is 48.6 Å². The van der Waals surface area contributed by atoms with E-state index in [0.29, 0.717) is 11.6 Å². The van der Waals surface area contributed by atoms with Gasteiger partial charge in [-0.05, 0) is 6.07 Å². The molecule has 0 saturated heterocycles. The molecule has 0 spiro atoms. The van der Waals surface area contributed by atoms with Gasteiger partial charge in [-0.1, -0.05) is 18.2 Å². The van der Waals surface area contributed by atoms with Crippen LogP contribution in [0, 0.1) is 0 Å². The Morgan fingerprint density at radius 3 is 2.52 bits per heavy atom. The van der Waals surface area contributed by atoms with Crippen molar-refractivity contribution >= 4 is 28.6 Å². The first-order valence-corrected chi connectivity index (χ1v) is 8.37. The number of hydrogen-bond acceptors (Lipinski definition) is 7. The number of ether oxygens (including phenoxy) is 4. The van der Waals surface area contributed by atoms with Crippen LogP contribution in [-0.2, 0) is 9.59 Å². The summed E-state index contributed by atoms with van der Waals surface area (Å²) in [5.41, 5.74) is 1.09. The third-order valence-electron chi connectivity index (χ3n) is 3.97. The number of para-hydroxylation sites is 1.